The van der Waals surface area contributed by atoms with Gasteiger partial charge in [0.1, 0.15) is 0 Å². The molecule has 4 nitrogen and oxygen atoms in total. The fourth-order valence-corrected chi connectivity index (χ4v) is 0.254. The standard InChI is InChI=1S/C3H7ClN2O.H2O/c1-6(2)3(7)5-4;/h1-2H3,(H,5,7);1H2. The van der Waals surface area contributed by atoms with E-state index in [0.29, 0.717) is 0 Å². The third-order valence-corrected chi connectivity index (χ3v) is 0.649. The van der Waals surface area contributed by atoms with Crippen molar-refractivity contribution in [1.82, 2.24) is 9.74 Å². The Labute approximate surface area is 52.8 Å². The molecule has 0 aromatic heterocycles. The fourth-order valence-electron chi connectivity index (χ4n) is 0.0845. The smallest absolute Gasteiger partial charge is 0.331 e. The first-order valence-electron chi connectivity index (χ1n) is 1.76. The van der Waals surface area contributed by atoms with E-state index in [1.54, 1.807) is 14.1 Å². The second-order valence-corrected chi connectivity index (χ2v) is 1.48. The lowest BCUT2D eigenvalue weighted by molar-refractivity contribution is 0.223. The normalized spacial score (nSPS) is 6.88. The van der Waals surface area contributed by atoms with Crippen molar-refractivity contribution in [3.05, 3.63) is 0 Å². The van der Waals surface area contributed by atoms with Gasteiger partial charge in [0.15, 0.2) is 0 Å². The Morgan fingerprint density at radius 3 is 2.00 bits per heavy atom. The van der Waals surface area contributed by atoms with Gasteiger partial charge in [-0.15, -0.1) is 0 Å². The third-order valence-electron chi connectivity index (χ3n) is 0.487. The molecule has 0 aliphatic heterocycles. The lowest BCUT2D eigenvalue weighted by atomic mass is 10.9. The van der Waals surface area contributed by atoms with E-state index in [4.69, 9.17) is 11.8 Å². The van der Waals surface area contributed by atoms with Crippen LogP contribution >= 0.6 is 11.8 Å². The van der Waals surface area contributed by atoms with E-state index < -0.39 is 0 Å². The highest BCUT2D eigenvalue weighted by atomic mass is 35.5. The van der Waals surface area contributed by atoms with Crippen LogP contribution in [-0.2, 0) is 0 Å². The minimum absolute atomic E-state index is 0. The van der Waals surface area contributed by atoms with E-state index in [2.05, 4.69) is 0 Å². The van der Waals surface area contributed by atoms with E-state index >= 15 is 0 Å². The zero-order valence-electron chi connectivity index (χ0n) is 4.73. The van der Waals surface area contributed by atoms with E-state index in [9.17, 15) is 4.79 Å². The van der Waals surface area contributed by atoms with Crippen molar-refractivity contribution in [2.75, 3.05) is 14.1 Å². The molecule has 0 aromatic carbocycles. The SMILES string of the molecule is CN(C)C(=O)NCl.O. The van der Waals surface area contributed by atoms with Crippen LogP contribution in [0, 0.1) is 0 Å². The lowest BCUT2D eigenvalue weighted by Gasteiger charge is -2.05. The number of halogens is 1. The van der Waals surface area contributed by atoms with Gasteiger partial charge in [0, 0.05) is 25.9 Å². The maximum atomic E-state index is 10.2. The molecule has 3 N–H and O–H groups in total. The van der Waals surface area contributed by atoms with Gasteiger partial charge in [-0.3, -0.25) is 0 Å². The van der Waals surface area contributed by atoms with Gasteiger partial charge in [0.25, 0.3) is 0 Å². The van der Waals surface area contributed by atoms with Crippen molar-refractivity contribution >= 4 is 17.8 Å². The molecule has 0 spiro atoms. The van der Waals surface area contributed by atoms with Crippen molar-refractivity contribution in [2.24, 2.45) is 0 Å². The molecule has 0 fully saturated rings. The zero-order chi connectivity index (χ0) is 5.86. The van der Waals surface area contributed by atoms with Crippen LogP contribution < -0.4 is 4.84 Å². The Balaban J connectivity index is 0. The molecule has 0 rings (SSSR count). The lowest BCUT2D eigenvalue weighted by Crippen LogP contribution is -2.28. The van der Waals surface area contributed by atoms with Gasteiger partial charge >= 0.3 is 6.03 Å². The molecule has 0 bridgehead atoms. The fraction of sp³-hybridized carbons (Fsp3) is 0.667. The second kappa shape index (κ2) is 4.67. The average molecular weight is 141 g/mol. The van der Waals surface area contributed by atoms with Gasteiger partial charge in [-0.1, -0.05) is 0 Å². The van der Waals surface area contributed by atoms with Gasteiger partial charge < -0.3 is 10.4 Å². The number of carbonyl (C=O) groups excluding carboxylic acids is 1. The molecule has 0 aromatic rings. The number of urea groups is 1. The Bertz CT molecular complexity index is 75.7. The van der Waals surface area contributed by atoms with Gasteiger partial charge in [-0.2, -0.15) is 0 Å². The van der Waals surface area contributed by atoms with Crippen molar-refractivity contribution in [3.8, 4) is 0 Å². The van der Waals surface area contributed by atoms with Crippen LogP contribution in [0.15, 0.2) is 0 Å². The first-order chi connectivity index (χ1) is 3.18. The molecule has 0 radical (unpaired) electrons. The number of carbonyl (C=O) groups is 1. The zero-order valence-corrected chi connectivity index (χ0v) is 5.49. The van der Waals surface area contributed by atoms with Gasteiger partial charge in [-0.25, -0.2) is 9.63 Å². The molecule has 0 saturated carbocycles. The average Bonchev–Trinajstić information content (AvgIpc) is 1.65. The molecular weight excluding hydrogens is 131 g/mol. The highest BCUT2D eigenvalue weighted by Crippen LogP contribution is 1.75. The van der Waals surface area contributed by atoms with Gasteiger partial charge in [0.05, 0.1) is 0 Å². The molecule has 0 atom stereocenters. The monoisotopic (exact) mass is 140 g/mol. The summed E-state index contributed by atoms with van der Waals surface area (Å²) in [5.41, 5.74) is 0. The Hall–Kier alpha value is -0.480. The third kappa shape index (κ3) is 3.70. The van der Waals surface area contributed by atoms with Gasteiger partial charge in [0.2, 0.25) is 0 Å². The summed E-state index contributed by atoms with van der Waals surface area (Å²) in [6, 6.07) is -0.304. The molecular formula is C3H9ClN2O2. The van der Waals surface area contributed by atoms with E-state index in [1.165, 1.54) is 4.90 Å². The maximum Gasteiger partial charge on any atom is 0.331 e. The number of hydrogen-bond acceptors (Lipinski definition) is 1. The summed E-state index contributed by atoms with van der Waals surface area (Å²) in [4.78, 5) is 13.5. The maximum absolute atomic E-state index is 10.2. The molecule has 5 heteroatoms. The molecule has 0 unspecified atom stereocenters. The Morgan fingerprint density at radius 2 is 2.00 bits per heavy atom. The largest absolute Gasteiger partial charge is 0.412 e. The van der Waals surface area contributed by atoms with E-state index in [1.807, 2.05) is 4.84 Å². The van der Waals surface area contributed by atoms with Crippen molar-refractivity contribution < 1.29 is 10.3 Å². The number of amides is 2. The van der Waals surface area contributed by atoms with Crippen molar-refractivity contribution in [3.63, 3.8) is 0 Å². The number of rotatable bonds is 0. The Kier molecular flexibility index (Phi) is 6.13. The van der Waals surface area contributed by atoms with E-state index in [0.717, 1.165) is 0 Å². The number of nitrogens with one attached hydrogen (secondary N) is 1. The first-order valence-corrected chi connectivity index (χ1v) is 2.14. The highest BCUT2D eigenvalue weighted by Gasteiger charge is 1.95. The summed E-state index contributed by atoms with van der Waals surface area (Å²) >= 11 is 4.91. The minimum atomic E-state index is -0.304. The minimum Gasteiger partial charge on any atom is -0.412 e. The summed E-state index contributed by atoms with van der Waals surface area (Å²) in [5.74, 6) is 0. The molecule has 0 saturated heterocycles. The van der Waals surface area contributed by atoms with Crippen LogP contribution in [0.5, 0.6) is 0 Å². The van der Waals surface area contributed by atoms with Crippen LogP contribution in [0.4, 0.5) is 4.79 Å². The number of nitrogens with zero attached hydrogens (tertiary/aromatic N) is 1. The molecule has 8 heavy (non-hydrogen) atoms. The molecule has 0 aliphatic carbocycles. The predicted molar refractivity (Wildman–Crippen MR) is 31.7 cm³/mol. The molecule has 0 heterocycles. The second-order valence-electron chi connectivity index (χ2n) is 1.29. The molecule has 2 amide bonds. The summed E-state index contributed by atoms with van der Waals surface area (Å²) in [5, 5.41) is 0. The van der Waals surface area contributed by atoms with Gasteiger partial charge in [-0.05, 0) is 0 Å². The van der Waals surface area contributed by atoms with Crippen LogP contribution in [0.3, 0.4) is 0 Å². The summed E-state index contributed by atoms with van der Waals surface area (Å²) in [6.07, 6.45) is 0. The summed E-state index contributed by atoms with van der Waals surface area (Å²) < 4.78 is 0. The van der Waals surface area contributed by atoms with Crippen molar-refractivity contribution in [1.29, 1.82) is 0 Å². The van der Waals surface area contributed by atoms with Crippen LogP contribution in [0.25, 0.3) is 0 Å². The quantitative estimate of drug-likeness (QED) is 0.457. The predicted octanol–water partition coefficient (Wildman–Crippen LogP) is -0.413. The summed E-state index contributed by atoms with van der Waals surface area (Å²) in [7, 11) is 3.22. The van der Waals surface area contributed by atoms with Crippen LogP contribution in [0.1, 0.15) is 0 Å². The molecule has 0 aliphatic rings. The van der Waals surface area contributed by atoms with E-state index in [-0.39, 0.29) is 11.5 Å². The molecule has 50 valence electrons. The summed E-state index contributed by atoms with van der Waals surface area (Å²) in [6.45, 7) is 0. The topological polar surface area (TPSA) is 63.8 Å². The first kappa shape index (κ1) is 10.5. The van der Waals surface area contributed by atoms with Crippen LogP contribution in [0.2, 0.25) is 0 Å². The highest BCUT2D eigenvalue weighted by molar-refractivity contribution is 6.21. The Morgan fingerprint density at radius 1 is 1.62 bits per heavy atom. The number of hydrogen-bond donors (Lipinski definition) is 1. The van der Waals surface area contributed by atoms with Crippen molar-refractivity contribution in [2.45, 2.75) is 0 Å². The van der Waals surface area contributed by atoms with Crippen LogP contribution in [-0.4, -0.2) is 30.5 Å².